The zero-order chi connectivity index (χ0) is 12.3. The Morgan fingerprint density at radius 1 is 1.24 bits per heavy atom. The van der Waals surface area contributed by atoms with E-state index < -0.39 is 0 Å². The summed E-state index contributed by atoms with van der Waals surface area (Å²) in [4.78, 5) is 3.35. The molecule has 1 heterocycles. The summed E-state index contributed by atoms with van der Waals surface area (Å²) in [5, 5.41) is 0. The SMILES string of the molecule is CC1(C(N)=S)CCN(CC2CCCCC2)CC1. The highest BCUT2D eigenvalue weighted by atomic mass is 32.1. The Kier molecular flexibility index (Phi) is 4.42. The van der Waals surface area contributed by atoms with Gasteiger partial charge in [-0.05, 0) is 44.7 Å². The van der Waals surface area contributed by atoms with Crippen molar-refractivity contribution in [3.63, 3.8) is 0 Å². The van der Waals surface area contributed by atoms with Crippen molar-refractivity contribution >= 4 is 17.2 Å². The van der Waals surface area contributed by atoms with E-state index in [1.807, 2.05) is 0 Å². The van der Waals surface area contributed by atoms with Crippen molar-refractivity contribution in [2.75, 3.05) is 19.6 Å². The highest BCUT2D eigenvalue weighted by Crippen LogP contribution is 2.32. The summed E-state index contributed by atoms with van der Waals surface area (Å²) in [6.45, 7) is 5.91. The van der Waals surface area contributed by atoms with Gasteiger partial charge in [0.2, 0.25) is 0 Å². The van der Waals surface area contributed by atoms with Crippen molar-refractivity contribution < 1.29 is 0 Å². The summed E-state index contributed by atoms with van der Waals surface area (Å²) in [7, 11) is 0. The van der Waals surface area contributed by atoms with E-state index in [0.717, 1.165) is 23.7 Å². The van der Waals surface area contributed by atoms with Gasteiger partial charge in [-0.25, -0.2) is 0 Å². The van der Waals surface area contributed by atoms with Crippen LogP contribution in [0.5, 0.6) is 0 Å². The number of nitrogens with two attached hydrogens (primary N) is 1. The predicted molar refractivity (Wildman–Crippen MR) is 77.1 cm³/mol. The standard InChI is InChI=1S/C14H26N2S/c1-14(13(15)17)7-9-16(10-8-14)11-12-5-3-2-4-6-12/h12H,2-11H2,1H3,(H2,15,17). The molecule has 0 aromatic rings. The molecule has 0 atom stereocenters. The van der Waals surface area contributed by atoms with Crippen LogP contribution >= 0.6 is 12.2 Å². The molecule has 1 saturated carbocycles. The van der Waals surface area contributed by atoms with E-state index in [0.29, 0.717) is 0 Å². The molecule has 1 aliphatic heterocycles. The normalized spacial score (nSPS) is 26.9. The summed E-state index contributed by atoms with van der Waals surface area (Å²) in [5.41, 5.74) is 5.97. The largest absolute Gasteiger partial charge is 0.393 e. The van der Waals surface area contributed by atoms with Gasteiger partial charge in [-0.1, -0.05) is 38.4 Å². The molecule has 17 heavy (non-hydrogen) atoms. The molecule has 1 saturated heterocycles. The number of likely N-dealkylation sites (tertiary alicyclic amines) is 1. The van der Waals surface area contributed by atoms with Crippen molar-refractivity contribution in [1.82, 2.24) is 4.90 Å². The summed E-state index contributed by atoms with van der Waals surface area (Å²) in [6, 6.07) is 0. The lowest BCUT2D eigenvalue weighted by Gasteiger charge is -2.40. The van der Waals surface area contributed by atoms with Gasteiger partial charge in [-0.15, -0.1) is 0 Å². The van der Waals surface area contributed by atoms with E-state index >= 15 is 0 Å². The van der Waals surface area contributed by atoms with Crippen LogP contribution in [-0.4, -0.2) is 29.5 Å². The van der Waals surface area contributed by atoms with E-state index in [1.54, 1.807) is 0 Å². The minimum Gasteiger partial charge on any atom is -0.393 e. The van der Waals surface area contributed by atoms with Gasteiger partial charge in [0.05, 0.1) is 4.99 Å². The highest BCUT2D eigenvalue weighted by Gasteiger charge is 2.33. The third kappa shape index (κ3) is 3.41. The molecule has 0 aromatic heterocycles. The van der Waals surface area contributed by atoms with Crippen LogP contribution in [0.4, 0.5) is 0 Å². The van der Waals surface area contributed by atoms with Crippen LogP contribution in [-0.2, 0) is 0 Å². The molecule has 2 nitrogen and oxygen atoms in total. The zero-order valence-electron chi connectivity index (χ0n) is 11.1. The number of hydrogen-bond donors (Lipinski definition) is 1. The fourth-order valence-corrected chi connectivity index (χ4v) is 3.41. The molecule has 0 unspecified atom stereocenters. The second-order valence-electron chi connectivity index (χ2n) is 6.23. The summed E-state index contributed by atoms with van der Waals surface area (Å²) in [6.07, 6.45) is 9.54. The molecule has 0 spiro atoms. The van der Waals surface area contributed by atoms with Crippen LogP contribution in [0.15, 0.2) is 0 Å². The van der Waals surface area contributed by atoms with Crippen LogP contribution in [0.2, 0.25) is 0 Å². The first-order valence-corrected chi connectivity index (χ1v) is 7.53. The number of nitrogens with zero attached hydrogens (tertiary/aromatic N) is 1. The zero-order valence-corrected chi connectivity index (χ0v) is 11.9. The molecular formula is C14H26N2S. The third-order valence-electron chi connectivity index (χ3n) is 4.80. The maximum atomic E-state index is 5.84. The van der Waals surface area contributed by atoms with Crippen LogP contribution in [0.25, 0.3) is 0 Å². The quantitative estimate of drug-likeness (QED) is 0.785. The molecule has 2 rings (SSSR count). The molecule has 1 aliphatic carbocycles. The van der Waals surface area contributed by atoms with Gasteiger partial charge >= 0.3 is 0 Å². The summed E-state index contributed by atoms with van der Waals surface area (Å²) in [5.74, 6) is 0.956. The van der Waals surface area contributed by atoms with Crippen LogP contribution in [0.1, 0.15) is 51.9 Å². The van der Waals surface area contributed by atoms with E-state index in [4.69, 9.17) is 18.0 Å². The second kappa shape index (κ2) is 5.66. The Hall–Kier alpha value is -0.150. The highest BCUT2D eigenvalue weighted by molar-refractivity contribution is 7.80. The first-order valence-electron chi connectivity index (χ1n) is 7.12. The molecule has 2 aliphatic rings. The van der Waals surface area contributed by atoms with Crippen LogP contribution in [0, 0.1) is 11.3 Å². The second-order valence-corrected chi connectivity index (χ2v) is 6.67. The molecular weight excluding hydrogens is 228 g/mol. The molecule has 2 N–H and O–H groups in total. The molecule has 3 heteroatoms. The van der Waals surface area contributed by atoms with Crippen LogP contribution < -0.4 is 5.73 Å². The first-order chi connectivity index (χ1) is 8.10. The van der Waals surface area contributed by atoms with Gasteiger partial charge in [0.1, 0.15) is 0 Å². The third-order valence-corrected chi connectivity index (χ3v) is 5.29. The van der Waals surface area contributed by atoms with Gasteiger partial charge in [-0.3, -0.25) is 0 Å². The van der Waals surface area contributed by atoms with Crippen molar-refractivity contribution in [2.24, 2.45) is 17.1 Å². The lowest BCUT2D eigenvalue weighted by atomic mass is 9.79. The average molecular weight is 254 g/mol. The first kappa shape index (κ1) is 13.3. The lowest BCUT2D eigenvalue weighted by Crippen LogP contribution is -2.46. The predicted octanol–water partition coefficient (Wildman–Crippen LogP) is 2.95. The Balaban J connectivity index is 1.77. The lowest BCUT2D eigenvalue weighted by molar-refractivity contribution is 0.132. The fourth-order valence-electron chi connectivity index (χ4n) is 3.21. The Bertz CT molecular complexity index is 263. The number of piperidine rings is 1. The number of rotatable bonds is 3. The topological polar surface area (TPSA) is 29.3 Å². The smallest absolute Gasteiger partial charge is 0.0788 e. The maximum absolute atomic E-state index is 5.84. The van der Waals surface area contributed by atoms with Gasteiger partial charge < -0.3 is 10.6 Å². The minimum absolute atomic E-state index is 0.123. The molecule has 0 radical (unpaired) electrons. The Morgan fingerprint density at radius 2 is 1.82 bits per heavy atom. The monoisotopic (exact) mass is 254 g/mol. The van der Waals surface area contributed by atoms with E-state index in [9.17, 15) is 0 Å². The van der Waals surface area contributed by atoms with E-state index in [-0.39, 0.29) is 5.41 Å². The van der Waals surface area contributed by atoms with Crippen molar-refractivity contribution in [2.45, 2.75) is 51.9 Å². The Morgan fingerprint density at radius 3 is 2.35 bits per heavy atom. The maximum Gasteiger partial charge on any atom is 0.0788 e. The molecule has 0 amide bonds. The van der Waals surface area contributed by atoms with Crippen molar-refractivity contribution in [3.05, 3.63) is 0 Å². The number of hydrogen-bond acceptors (Lipinski definition) is 2. The molecule has 0 bridgehead atoms. The van der Waals surface area contributed by atoms with Gasteiger partial charge in [-0.2, -0.15) is 0 Å². The van der Waals surface area contributed by atoms with Gasteiger partial charge in [0.25, 0.3) is 0 Å². The average Bonchev–Trinajstić information content (AvgIpc) is 2.33. The van der Waals surface area contributed by atoms with E-state index in [1.165, 1.54) is 51.7 Å². The van der Waals surface area contributed by atoms with Crippen molar-refractivity contribution in [3.8, 4) is 0 Å². The van der Waals surface area contributed by atoms with Crippen molar-refractivity contribution in [1.29, 1.82) is 0 Å². The summed E-state index contributed by atoms with van der Waals surface area (Å²) >= 11 is 5.19. The van der Waals surface area contributed by atoms with Gasteiger partial charge in [0, 0.05) is 12.0 Å². The Labute approximate surface area is 111 Å². The van der Waals surface area contributed by atoms with Gasteiger partial charge in [0.15, 0.2) is 0 Å². The summed E-state index contributed by atoms with van der Waals surface area (Å²) < 4.78 is 0. The molecule has 98 valence electrons. The molecule has 2 fully saturated rings. The number of thiocarbonyl (C=S) groups is 1. The van der Waals surface area contributed by atoms with Crippen LogP contribution in [0.3, 0.4) is 0 Å². The molecule has 0 aromatic carbocycles. The minimum atomic E-state index is 0.123. The van der Waals surface area contributed by atoms with E-state index in [2.05, 4.69) is 11.8 Å². The fraction of sp³-hybridized carbons (Fsp3) is 0.929.